The zero-order valence-corrected chi connectivity index (χ0v) is 19.0. The molecule has 2 fully saturated rings. The molecule has 2 aromatic rings. The molecule has 2 saturated heterocycles. The largest absolute Gasteiger partial charge is 0.353 e. The van der Waals surface area contributed by atoms with E-state index in [2.05, 4.69) is 26.6 Å². The average molecular weight is 476 g/mol. The van der Waals surface area contributed by atoms with Crippen molar-refractivity contribution in [2.24, 2.45) is 11.8 Å². The number of halogens is 2. The highest BCUT2D eigenvalue weighted by Gasteiger charge is 2.48. The van der Waals surface area contributed by atoms with Crippen molar-refractivity contribution in [2.75, 3.05) is 10.6 Å². The zero-order chi connectivity index (χ0) is 23.0. The minimum atomic E-state index is -0.816. The molecular formula is C22H23Cl2N5O3. The Kier molecular flexibility index (Phi) is 6.28. The number of anilines is 2. The summed E-state index contributed by atoms with van der Waals surface area (Å²) < 4.78 is 0. The Balaban J connectivity index is 1.50. The van der Waals surface area contributed by atoms with Crippen LogP contribution in [0, 0.1) is 25.7 Å². The van der Waals surface area contributed by atoms with Crippen molar-refractivity contribution < 1.29 is 14.4 Å². The van der Waals surface area contributed by atoms with Gasteiger partial charge in [0.25, 0.3) is 0 Å². The van der Waals surface area contributed by atoms with E-state index in [1.807, 2.05) is 32.0 Å². The van der Waals surface area contributed by atoms with E-state index in [1.165, 1.54) is 0 Å². The van der Waals surface area contributed by atoms with E-state index >= 15 is 0 Å². The van der Waals surface area contributed by atoms with E-state index in [4.69, 9.17) is 23.2 Å². The molecule has 3 amide bonds. The lowest BCUT2D eigenvalue weighted by atomic mass is 9.81. The van der Waals surface area contributed by atoms with Crippen LogP contribution in [0.2, 0.25) is 10.0 Å². The van der Waals surface area contributed by atoms with Gasteiger partial charge in [-0.15, -0.1) is 0 Å². The smallest absolute Gasteiger partial charge is 0.229 e. The summed E-state index contributed by atoms with van der Waals surface area (Å²) in [7, 11) is 0. The fraction of sp³-hybridized carbons (Fsp3) is 0.318. The summed E-state index contributed by atoms with van der Waals surface area (Å²) in [5, 5.41) is 15.5. The molecule has 32 heavy (non-hydrogen) atoms. The molecule has 2 aliphatic heterocycles. The third-order valence-electron chi connectivity index (χ3n) is 5.60. The van der Waals surface area contributed by atoms with Crippen molar-refractivity contribution in [1.29, 1.82) is 0 Å². The van der Waals surface area contributed by atoms with Gasteiger partial charge in [0.2, 0.25) is 17.7 Å². The van der Waals surface area contributed by atoms with E-state index in [0.717, 1.165) is 11.1 Å². The zero-order valence-electron chi connectivity index (χ0n) is 17.5. The van der Waals surface area contributed by atoms with E-state index in [1.54, 1.807) is 18.2 Å². The van der Waals surface area contributed by atoms with Gasteiger partial charge < -0.3 is 21.3 Å². The SMILES string of the molecule is Cc1ccc(NC(=O)C2CC(=O)NC3NC(Nc4cc(Cl)cc(Cl)c4)NC(=O)C32)c(C)c1. The molecule has 0 aliphatic carbocycles. The maximum absolute atomic E-state index is 13.1. The van der Waals surface area contributed by atoms with E-state index < -0.39 is 24.3 Å². The predicted molar refractivity (Wildman–Crippen MR) is 123 cm³/mol. The molecule has 0 aromatic heterocycles. The van der Waals surface area contributed by atoms with Crippen LogP contribution in [0.1, 0.15) is 17.5 Å². The van der Waals surface area contributed by atoms with Gasteiger partial charge in [0.15, 0.2) is 6.29 Å². The van der Waals surface area contributed by atoms with Crippen LogP contribution in [0.25, 0.3) is 0 Å². The van der Waals surface area contributed by atoms with Gasteiger partial charge in [-0.25, -0.2) is 0 Å². The van der Waals surface area contributed by atoms with Crippen LogP contribution < -0.4 is 26.6 Å². The third-order valence-corrected chi connectivity index (χ3v) is 6.04. The molecule has 168 valence electrons. The Morgan fingerprint density at radius 3 is 2.44 bits per heavy atom. The Bertz CT molecular complexity index is 1070. The summed E-state index contributed by atoms with van der Waals surface area (Å²) in [6, 6.07) is 10.6. The summed E-state index contributed by atoms with van der Waals surface area (Å²) in [6.45, 7) is 3.86. The molecule has 0 bridgehead atoms. The number of benzene rings is 2. The molecule has 5 N–H and O–H groups in total. The van der Waals surface area contributed by atoms with Gasteiger partial charge in [0.05, 0.1) is 18.0 Å². The number of hydrogen-bond acceptors (Lipinski definition) is 5. The van der Waals surface area contributed by atoms with Crippen molar-refractivity contribution in [2.45, 2.75) is 32.7 Å². The molecule has 0 radical (unpaired) electrons. The van der Waals surface area contributed by atoms with Crippen LogP contribution in [-0.4, -0.2) is 30.2 Å². The first kappa shape index (κ1) is 22.4. The van der Waals surface area contributed by atoms with E-state index in [0.29, 0.717) is 21.4 Å². The number of rotatable bonds is 4. The predicted octanol–water partition coefficient (Wildman–Crippen LogP) is 2.74. The number of aryl methyl sites for hydroxylation is 2. The Morgan fingerprint density at radius 2 is 1.75 bits per heavy atom. The summed E-state index contributed by atoms with van der Waals surface area (Å²) >= 11 is 12.1. The highest BCUT2D eigenvalue weighted by Crippen LogP contribution is 2.29. The number of nitrogens with one attached hydrogen (secondary N) is 5. The number of piperidine rings is 1. The molecular weight excluding hydrogens is 453 g/mol. The van der Waals surface area contributed by atoms with Gasteiger partial charge in [-0.1, -0.05) is 40.9 Å². The Hall–Kier alpha value is -2.81. The van der Waals surface area contributed by atoms with Crippen molar-refractivity contribution in [3.63, 3.8) is 0 Å². The maximum atomic E-state index is 13.1. The molecule has 4 unspecified atom stereocenters. The summed E-state index contributed by atoms with van der Waals surface area (Å²) in [5.41, 5.74) is 3.23. The van der Waals surface area contributed by atoms with Crippen molar-refractivity contribution in [1.82, 2.24) is 16.0 Å². The standard InChI is InChI=1S/C22H23Cl2N5O3/c1-10-3-4-16(11(2)5-10)26-20(31)15-9-17(30)27-19-18(15)21(32)29-22(28-19)25-14-7-12(23)6-13(24)8-14/h3-8,15,18-19,22,25,28H,9H2,1-2H3,(H,26,31)(H,27,30)(H,29,32). The number of amides is 3. The fourth-order valence-corrected chi connectivity index (χ4v) is 4.66. The second-order valence-corrected chi connectivity index (χ2v) is 8.97. The maximum Gasteiger partial charge on any atom is 0.229 e. The lowest BCUT2D eigenvalue weighted by Crippen LogP contribution is -2.72. The Morgan fingerprint density at radius 1 is 1.03 bits per heavy atom. The molecule has 2 aromatic carbocycles. The average Bonchev–Trinajstić information content (AvgIpc) is 2.68. The third kappa shape index (κ3) is 4.82. The molecule has 10 heteroatoms. The number of carbonyl (C=O) groups excluding carboxylic acids is 3. The van der Waals surface area contributed by atoms with Crippen molar-refractivity contribution in [3.8, 4) is 0 Å². The minimum absolute atomic E-state index is 0.0744. The van der Waals surface area contributed by atoms with Gasteiger partial charge >= 0.3 is 0 Å². The van der Waals surface area contributed by atoms with Crippen LogP contribution in [0.5, 0.6) is 0 Å². The first-order valence-corrected chi connectivity index (χ1v) is 10.9. The van der Waals surface area contributed by atoms with Crippen LogP contribution in [0.15, 0.2) is 36.4 Å². The van der Waals surface area contributed by atoms with Gasteiger partial charge in [-0.3, -0.25) is 19.7 Å². The fourth-order valence-electron chi connectivity index (χ4n) is 4.14. The van der Waals surface area contributed by atoms with Gasteiger partial charge in [-0.05, 0) is 43.7 Å². The normalized spacial score (nSPS) is 24.8. The quantitative estimate of drug-likeness (QED) is 0.466. The Labute approximate surface area is 195 Å². The lowest BCUT2D eigenvalue weighted by molar-refractivity contribution is -0.144. The van der Waals surface area contributed by atoms with Gasteiger partial charge in [-0.2, -0.15) is 0 Å². The van der Waals surface area contributed by atoms with Crippen molar-refractivity contribution in [3.05, 3.63) is 57.6 Å². The number of carbonyl (C=O) groups is 3. The first-order valence-electron chi connectivity index (χ1n) is 10.2. The second-order valence-electron chi connectivity index (χ2n) is 8.10. The topological polar surface area (TPSA) is 111 Å². The highest BCUT2D eigenvalue weighted by molar-refractivity contribution is 6.35. The molecule has 8 nitrogen and oxygen atoms in total. The molecule has 2 heterocycles. The molecule has 2 aliphatic rings. The number of hydrogen-bond donors (Lipinski definition) is 5. The second kappa shape index (κ2) is 8.97. The monoisotopic (exact) mass is 475 g/mol. The van der Waals surface area contributed by atoms with Crippen LogP contribution in [-0.2, 0) is 14.4 Å². The molecule has 0 saturated carbocycles. The van der Waals surface area contributed by atoms with Crippen LogP contribution in [0.3, 0.4) is 0 Å². The summed E-state index contributed by atoms with van der Waals surface area (Å²) in [6.07, 6.45) is -1.48. The van der Waals surface area contributed by atoms with Gasteiger partial charge in [0, 0.05) is 27.8 Å². The van der Waals surface area contributed by atoms with Crippen LogP contribution >= 0.6 is 23.2 Å². The lowest BCUT2D eigenvalue weighted by Gasteiger charge is -2.43. The minimum Gasteiger partial charge on any atom is -0.353 e. The van der Waals surface area contributed by atoms with E-state index in [-0.39, 0.29) is 24.1 Å². The molecule has 0 spiro atoms. The number of fused-ring (bicyclic) bond motifs is 1. The summed E-state index contributed by atoms with van der Waals surface area (Å²) in [5.74, 6) is -2.60. The first-order chi connectivity index (χ1) is 15.2. The van der Waals surface area contributed by atoms with E-state index in [9.17, 15) is 14.4 Å². The summed E-state index contributed by atoms with van der Waals surface area (Å²) in [4.78, 5) is 38.4. The highest BCUT2D eigenvalue weighted by atomic mass is 35.5. The van der Waals surface area contributed by atoms with Crippen LogP contribution in [0.4, 0.5) is 11.4 Å². The van der Waals surface area contributed by atoms with Crippen molar-refractivity contribution >= 4 is 52.3 Å². The molecule has 4 atom stereocenters. The molecule has 4 rings (SSSR count). The van der Waals surface area contributed by atoms with Gasteiger partial charge in [0.1, 0.15) is 0 Å².